The van der Waals surface area contributed by atoms with Crippen LogP contribution >= 0.6 is 0 Å². The zero-order chi connectivity index (χ0) is 17.3. The summed E-state index contributed by atoms with van der Waals surface area (Å²) >= 11 is 0. The average Bonchev–Trinajstić information content (AvgIpc) is 2.57. The molecule has 0 aliphatic rings. The number of hydrogen-bond donors (Lipinski definition) is 0. The summed E-state index contributed by atoms with van der Waals surface area (Å²) in [5.41, 5.74) is 0.202. The molecular formula is C18H11F3N2O. The van der Waals surface area contributed by atoms with Gasteiger partial charge in [-0.25, -0.2) is 0 Å². The molecule has 0 radical (unpaired) electrons. The maximum absolute atomic E-state index is 12.6. The van der Waals surface area contributed by atoms with Crippen LogP contribution in [-0.4, -0.2) is 4.57 Å². The van der Waals surface area contributed by atoms with E-state index in [-0.39, 0.29) is 17.5 Å². The third-order valence-corrected chi connectivity index (χ3v) is 3.74. The number of alkyl halides is 3. The summed E-state index contributed by atoms with van der Waals surface area (Å²) in [4.78, 5) is 12.2. The first-order chi connectivity index (χ1) is 11.4. The van der Waals surface area contributed by atoms with Gasteiger partial charge in [0, 0.05) is 18.1 Å². The minimum absolute atomic E-state index is 0.000566. The lowest BCUT2D eigenvalue weighted by atomic mass is 10.1. The SMILES string of the molecule is N#Cc1cn(Cc2ccc(C(F)(F)F)cc2)c2ccccc2c1=O. The summed E-state index contributed by atoms with van der Waals surface area (Å²) in [7, 11) is 0. The van der Waals surface area contributed by atoms with Gasteiger partial charge in [0.1, 0.15) is 11.6 Å². The number of hydrogen-bond acceptors (Lipinski definition) is 2. The molecular weight excluding hydrogens is 317 g/mol. The van der Waals surface area contributed by atoms with Crippen molar-refractivity contribution in [2.45, 2.75) is 12.7 Å². The predicted molar refractivity (Wildman–Crippen MR) is 83.5 cm³/mol. The van der Waals surface area contributed by atoms with Crippen LogP contribution in [0.1, 0.15) is 16.7 Å². The lowest BCUT2D eigenvalue weighted by molar-refractivity contribution is -0.137. The molecule has 24 heavy (non-hydrogen) atoms. The van der Waals surface area contributed by atoms with Crippen LogP contribution in [0, 0.1) is 11.3 Å². The van der Waals surface area contributed by atoms with Crippen molar-refractivity contribution in [2.24, 2.45) is 0 Å². The fourth-order valence-electron chi connectivity index (χ4n) is 2.55. The average molecular weight is 328 g/mol. The van der Waals surface area contributed by atoms with Crippen LogP contribution in [-0.2, 0) is 12.7 Å². The Bertz CT molecular complexity index is 996. The van der Waals surface area contributed by atoms with E-state index < -0.39 is 11.7 Å². The first kappa shape index (κ1) is 15.8. The number of benzene rings is 2. The molecule has 0 aliphatic heterocycles. The Morgan fingerprint density at radius 2 is 1.71 bits per heavy atom. The highest BCUT2D eigenvalue weighted by Crippen LogP contribution is 2.29. The molecule has 0 fully saturated rings. The van der Waals surface area contributed by atoms with Gasteiger partial charge in [-0.15, -0.1) is 0 Å². The van der Waals surface area contributed by atoms with E-state index in [1.807, 2.05) is 6.07 Å². The second-order valence-corrected chi connectivity index (χ2v) is 5.32. The monoisotopic (exact) mass is 328 g/mol. The summed E-state index contributed by atoms with van der Waals surface area (Å²) < 4.78 is 39.6. The molecule has 0 amide bonds. The molecule has 0 saturated carbocycles. The molecule has 0 unspecified atom stereocenters. The highest BCUT2D eigenvalue weighted by molar-refractivity contribution is 5.80. The van der Waals surface area contributed by atoms with Gasteiger partial charge in [0.05, 0.1) is 11.1 Å². The van der Waals surface area contributed by atoms with Crippen LogP contribution in [0.3, 0.4) is 0 Å². The van der Waals surface area contributed by atoms with Gasteiger partial charge in [-0.1, -0.05) is 24.3 Å². The van der Waals surface area contributed by atoms with Gasteiger partial charge in [0.25, 0.3) is 0 Å². The Morgan fingerprint density at radius 1 is 1.04 bits per heavy atom. The molecule has 0 aliphatic carbocycles. The lowest BCUT2D eigenvalue weighted by Crippen LogP contribution is -2.13. The molecule has 3 nitrogen and oxygen atoms in total. The minimum atomic E-state index is -4.38. The molecule has 1 heterocycles. The zero-order valence-corrected chi connectivity index (χ0v) is 12.3. The summed E-state index contributed by atoms with van der Waals surface area (Å²) in [6.07, 6.45) is -2.95. The predicted octanol–water partition coefficient (Wildman–Crippen LogP) is 3.94. The van der Waals surface area contributed by atoms with Crippen molar-refractivity contribution in [2.75, 3.05) is 0 Å². The van der Waals surface area contributed by atoms with Gasteiger partial charge < -0.3 is 4.57 Å². The van der Waals surface area contributed by atoms with Crippen LogP contribution in [0.4, 0.5) is 13.2 Å². The number of aromatic nitrogens is 1. The summed E-state index contributed by atoms with van der Waals surface area (Å²) in [6, 6.07) is 13.5. The first-order valence-corrected chi connectivity index (χ1v) is 7.08. The highest BCUT2D eigenvalue weighted by Gasteiger charge is 2.29. The quantitative estimate of drug-likeness (QED) is 0.715. The lowest BCUT2D eigenvalue weighted by Gasteiger charge is -2.13. The van der Waals surface area contributed by atoms with E-state index in [9.17, 15) is 18.0 Å². The van der Waals surface area contributed by atoms with Crippen LogP contribution in [0.5, 0.6) is 0 Å². The van der Waals surface area contributed by atoms with Crippen molar-refractivity contribution in [3.8, 4) is 6.07 Å². The van der Waals surface area contributed by atoms with Gasteiger partial charge in [-0.05, 0) is 29.8 Å². The number of para-hydroxylation sites is 1. The molecule has 0 saturated heterocycles. The number of pyridine rings is 1. The normalized spacial score (nSPS) is 11.4. The number of rotatable bonds is 2. The molecule has 3 aromatic rings. The van der Waals surface area contributed by atoms with E-state index in [0.717, 1.165) is 12.1 Å². The van der Waals surface area contributed by atoms with Crippen LogP contribution in [0.2, 0.25) is 0 Å². The van der Waals surface area contributed by atoms with E-state index in [2.05, 4.69) is 0 Å². The third-order valence-electron chi connectivity index (χ3n) is 3.74. The van der Waals surface area contributed by atoms with Crippen molar-refractivity contribution in [3.05, 3.63) is 81.6 Å². The molecule has 3 rings (SSSR count). The Morgan fingerprint density at radius 3 is 2.33 bits per heavy atom. The summed E-state index contributed by atoms with van der Waals surface area (Å²) in [6.45, 7) is 0.258. The van der Waals surface area contributed by atoms with Crippen molar-refractivity contribution < 1.29 is 13.2 Å². The van der Waals surface area contributed by atoms with Gasteiger partial charge in [0.15, 0.2) is 0 Å². The van der Waals surface area contributed by atoms with Crippen LogP contribution < -0.4 is 5.43 Å². The number of halogens is 3. The van der Waals surface area contributed by atoms with Crippen molar-refractivity contribution in [3.63, 3.8) is 0 Å². The first-order valence-electron chi connectivity index (χ1n) is 7.08. The fraction of sp³-hybridized carbons (Fsp3) is 0.111. The fourth-order valence-corrected chi connectivity index (χ4v) is 2.55. The van der Waals surface area contributed by atoms with Crippen molar-refractivity contribution in [1.29, 1.82) is 5.26 Å². The maximum Gasteiger partial charge on any atom is 0.416 e. The zero-order valence-electron chi connectivity index (χ0n) is 12.3. The van der Waals surface area contributed by atoms with E-state index in [1.54, 1.807) is 28.8 Å². The summed E-state index contributed by atoms with van der Waals surface area (Å²) in [5.74, 6) is 0. The van der Waals surface area contributed by atoms with Gasteiger partial charge >= 0.3 is 6.18 Å². The molecule has 2 aromatic carbocycles. The minimum Gasteiger partial charge on any atom is -0.341 e. The second kappa shape index (κ2) is 5.85. The molecule has 1 aromatic heterocycles. The number of fused-ring (bicyclic) bond motifs is 1. The summed E-state index contributed by atoms with van der Waals surface area (Å²) in [5, 5.41) is 9.51. The Kier molecular flexibility index (Phi) is 3.86. The number of nitriles is 1. The molecule has 120 valence electrons. The number of nitrogens with zero attached hydrogens (tertiary/aromatic N) is 2. The van der Waals surface area contributed by atoms with Crippen molar-refractivity contribution >= 4 is 10.9 Å². The standard InChI is InChI=1S/C18H11F3N2O/c19-18(20,21)14-7-5-12(6-8-14)10-23-11-13(9-22)17(24)15-3-1-2-4-16(15)23/h1-8,11H,10H2. The van der Waals surface area contributed by atoms with Gasteiger partial charge in [-0.2, -0.15) is 18.4 Å². The van der Waals surface area contributed by atoms with E-state index in [0.29, 0.717) is 16.5 Å². The van der Waals surface area contributed by atoms with Crippen LogP contribution in [0.15, 0.2) is 59.5 Å². The van der Waals surface area contributed by atoms with Crippen molar-refractivity contribution in [1.82, 2.24) is 4.57 Å². The third kappa shape index (κ3) is 2.88. The molecule has 0 spiro atoms. The largest absolute Gasteiger partial charge is 0.416 e. The Balaban J connectivity index is 2.06. The highest BCUT2D eigenvalue weighted by atomic mass is 19.4. The molecule has 0 N–H and O–H groups in total. The van der Waals surface area contributed by atoms with Gasteiger partial charge in [-0.3, -0.25) is 4.79 Å². The molecule has 6 heteroatoms. The maximum atomic E-state index is 12.6. The molecule has 0 bridgehead atoms. The van der Waals surface area contributed by atoms with E-state index in [4.69, 9.17) is 5.26 Å². The van der Waals surface area contributed by atoms with Gasteiger partial charge in [0.2, 0.25) is 5.43 Å². The Hall–Kier alpha value is -3.07. The van der Waals surface area contributed by atoms with E-state index in [1.165, 1.54) is 18.3 Å². The second-order valence-electron chi connectivity index (χ2n) is 5.32. The van der Waals surface area contributed by atoms with Crippen LogP contribution in [0.25, 0.3) is 10.9 Å². The smallest absolute Gasteiger partial charge is 0.341 e. The Labute approximate surface area is 135 Å². The van der Waals surface area contributed by atoms with E-state index >= 15 is 0 Å². The topological polar surface area (TPSA) is 45.8 Å². The molecule has 0 atom stereocenters.